The second kappa shape index (κ2) is 7.65. The Hall–Kier alpha value is -1.09. The van der Waals surface area contributed by atoms with Crippen molar-refractivity contribution < 1.29 is 54.9 Å². The molecule has 2 fully saturated rings. The van der Waals surface area contributed by atoms with E-state index in [0.717, 1.165) is 17.3 Å². The first-order valence-corrected chi connectivity index (χ1v) is 8.37. The minimum absolute atomic E-state index is 0. The summed E-state index contributed by atoms with van der Waals surface area (Å²) in [5.74, 6) is -2.02. The summed E-state index contributed by atoms with van der Waals surface area (Å²) < 4.78 is 12.2. The van der Waals surface area contributed by atoms with Gasteiger partial charge in [-0.1, -0.05) is 30.3 Å². The number of rotatable bonds is 5. The standard InChI is InChI=1S/C16H17FN2O4S.Na.H/c1-16(8-17)12(15(22)23)19-13(21)11(14(19)24-16)18-10(20)7-9-5-3-2-4-6-9;;/h2-6,11-12,14H,7-8H2,1H3,(H,18,20)(H,22,23);;/q;+1;-1/t11?,12-,14?,16?;;/m0../s1. The largest absolute Gasteiger partial charge is 1.00 e. The van der Waals surface area contributed by atoms with Gasteiger partial charge in [0.05, 0.1) is 11.2 Å². The number of thioether (sulfide) groups is 1. The quantitative estimate of drug-likeness (QED) is 0.455. The van der Waals surface area contributed by atoms with Crippen LogP contribution < -0.4 is 34.9 Å². The number of carboxylic acids is 1. The number of halogens is 1. The summed E-state index contributed by atoms with van der Waals surface area (Å²) in [6.07, 6.45) is 0.130. The minimum Gasteiger partial charge on any atom is -1.00 e. The Labute approximate surface area is 172 Å². The van der Waals surface area contributed by atoms with Crippen LogP contribution in [0.5, 0.6) is 0 Å². The topological polar surface area (TPSA) is 86.7 Å². The Morgan fingerprint density at radius 1 is 1.40 bits per heavy atom. The number of fused-ring (bicyclic) bond motifs is 1. The van der Waals surface area contributed by atoms with Crippen molar-refractivity contribution in [2.24, 2.45) is 0 Å². The minimum atomic E-state index is -1.23. The van der Waals surface area contributed by atoms with Crippen LogP contribution in [0.25, 0.3) is 0 Å². The molecule has 2 heterocycles. The summed E-state index contributed by atoms with van der Waals surface area (Å²) in [6, 6.07) is 7.06. The zero-order chi connectivity index (χ0) is 17.5. The average molecular weight is 376 g/mol. The molecule has 3 rings (SSSR count). The molecule has 3 unspecified atom stereocenters. The predicted octanol–water partition coefficient (Wildman–Crippen LogP) is -2.07. The monoisotopic (exact) mass is 376 g/mol. The van der Waals surface area contributed by atoms with E-state index in [0.29, 0.717) is 0 Å². The van der Waals surface area contributed by atoms with E-state index in [-0.39, 0.29) is 43.3 Å². The fraction of sp³-hybridized carbons (Fsp3) is 0.438. The molecular formula is C16H18FN2NaO4S. The van der Waals surface area contributed by atoms with E-state index in [9.17, 15) is 23.9 Å². The molecule has 4 atom stereocenters. The summed E-state index contributed by atoms with van der Waals surface area (Å²) in [7, 11) is 0. The van der Waals surface area contributed by atoms with E-state index in [1.807, 2.05) is 18.2 Å². The molecule has 6 nitrogen and oxygen atoms in total. The zero-order valence-corrected chi connectivity index (χ0v) is 16.8. The van der Waals surface area contributed by atoms with Crippen LogP contribution in [-0.4, -0.2) is 56.7 Å². The molecule has 0 saturated carbocycles. The van der Waals surface area contributed by atoms with Gasteiger partial charge in [0, 0.05) is 0 Å². The number of hydrogen-bond donors (Lipinski definition) is 2. The van der Waals surface area contributed by atoms with Crippen LogP contribution in [0, 0.1) is 0 Å². The fourth-order valence-electron chi connectivity index (χ4n) is 3.14. The Bertz CT molecular complexity index is 698. The second-order valence-electron chi connectivity index (χ2n) is 6.15. The first kappa shape index (κ1) is 20.2. The molecule has 130 valence electrons. The molecule has 2 amide bonds. The number of hydrogen-bond acceptors (Lipinski definition) is 4. The average Bonchev–Trinajstić information content (AvgIpc) is 2.84. The van der Waals surface area contributed by atoms with Crippen LogP contribution >= 0.6 is 11.8 Å². The number of nitrogens with zero attached hydrogens (tertiary/aromatic N) is 1. The van der Waals surface area contributed by atoms with Crippen molar-refractivity contribution in [1.82, 2.24) is 10.2 Å². The third-order valence-corrected chi connectivity index (χ3v) is 5.96. The maximum atomic E-state index is 13.4. The van der Waals surface area contributed by atoms with Gasteiger partial charge in [-0.25, -0.2) is 9.18 Å². The molecule has 2 saturated heterocycles. The maximum absolute atomic E-state index is 13.4. The van der Waals surface area contributed by atoms with Crippen LogP contribution in [-0.2, 0) is 20.8 Å². The third-order valence-electron chi connectivity index (χ3n) is 4.35. The van der Waals surface area contributed by atoms with Gasteiger partial charge in [0.1, 0.15) is 24.1 Å². The number of carboxylic acid groups (broad SMARTS) is 1. The Morgan fingerprint density at radius 2 is 2.04 bits per heavy atom. The van der Waals surface area contributed by atoms with Crippen LogP contribution in [0.4, 0.5) is 4.39 Å². The van der Waals surface area contributed by atoms with Gasteiger partial charge < -0.3 is 16.7 Å². The number of aliphatic carboxylic acids is 1. The second-order valence-corrected chi connectivity index (χ2v) is 7.80. The van der Waals surface area contributed by atoms with Crippen LogP contribution in [0.2, 0.25) is 0 Å². The van der Waals surface area contributed by atoms with Crippen molar-refractivity contribution in [2.75, 3.05) is 6.67 Å². The van der Waals surface area contributed by atoms with Crippen LogP contribution in [0.1, 0.15) is 13.9 Å². The summed E-state index contributed by atoms with van der Waals surface area (Å²) in [6.45, 7) is 0.629. The molecule has 0 bridgehead atoms. The number of nitrogens with one attached hydrogen (secondary N) is 1. The van der Waals surface area contributed by atoms with E-state index in [2.05, 4.69) is 5.32 Å². The van der Waals surface area contributed by atoms with Gasteiger partial charge in [0.2, 0.25) is 11.8 Å². The predicted molar refractivity (Wildman–Crippen MR) is 87.2 cm³/mol. The number of amides is 2. The molecular weight excluding hydrogens is 358 g/mol. The molecule has 0 aromatic heterocycles. The summed E-state index contributed by atoms with van der Waals surface area (Å²) in [5, 5.41) is 11.4. The number of benzene rings is 1. The van der Waals surface area contributed by atoms with E-state index < -0.39 is 40.8 Å². The molecule has 0 radical (unpaired) electrons. The van der Waals surface area contributed by atoms with Crippen LogP contribution in [0.15, 0.2) is 30.3 Å². The van der Waals surface area contributed by atoms with Crippen molar-refractivity contribution in [1.29, 1.82) is 0 Å². The molecule has 2 aliphatic rings. The summed E-state index contributed by atoms with van der Waals surface area (Å²) in [5.41, 5.74) is 0.815. The molecule has 2 aliphatic heterocycles. The number of carbonyl (C=O) groups excluding carboxylic acids is 2. The van der Waals surface area contributed by atoms with Crippen LogP contribution in [0.3, 0.4) is 0 Å². The maximum Gasteiger partial charge on any atom is 1.00 e. The summed E-state index contributed by atoms with van der Waals surface area (Å²) in [4.78, 5) is 37.0. The smallest absolute Gasteiger partial charge is 1.00 e. The van der Waals surface area contributed by atoms with Gasteiger partial charge in [0.25, 0.3) is 0 Å². The SMILES string of the molecule is CC1(CF)SC2C(NC(=O)Cc3ccccc3)C(=O)N2[C@H]1C(=O)O.[H-].[Na+]. The van der Waals surface area contributed by atoms with Crippen molar-refractivity contribution in [2.45, 2.75) is 35.5 Å². The Morgan fingerprint density at radius 3 is 2.60 bits per heavy atom. The van der Waals surface area contributed by atoms with Gasteiger partial charge in [0.15, 0.2) is 0 Å². The van der Waals surface area contributed by atoms with Crippen molar-refractivity contribution in [3.63, 3.8) is 0 Å². The molecule has 0 spiro atoms. The first-order chi connectivity index (χ1) is 11.4. The van der Waals surface area contributed by atoms with Crippen molar-refractivity contribution in [3.8, 4) is 0 Å². The normalized spacial score (nSPS) is 30.1. The molecule has 1 aromatic rings. The van der Waals surface area contributed by atoms with Gasteiger partial charge >= 0.3 is 35.5 Å². The third kappa shape index (κ3) is 3.58. The zero-order valence-electron chi connectivity index (χ0n) is 14.9. The van der Waals surface area contributed by atoms with Gasteiger partial charge in [-0.15, -0.1) is 11.8 Å². The Balaban J connectivity index is 0.00000169. The fourth-order valence-corrected chi connectivity index (χ4v) is 4.76. The van der Waals surface area contributed by atoms with Gasteiger partial charge in [-0.3, -0.25) is 9.59 Å². The number of carbonyl (C=O) groups is 3. The number of β-lactam (4-membered cyclic amide) rings is 1. The van der Waals surface area contributed by atoms with E-state index in [4.69, 9.17) is 0 Å². The van der Waals surface area contributed by atoms with Gasteiger partial charge in [-0.2, -0.15) is 0 Å². The van der Waals surface area contributed by atoms with Crippen molar-refractivity contribution >= 4 is 29.5 Å². The summed E-state index contributed by atoms with van der Waals surface area (Å²) >= 11 is 1.09. The molecule has 0 aliphatic carbocycles. The molecule has 9 heteroatoms. The van der Waals surface area contributed by atoms with E-state index in [1.54, 1.807) is 12.1 Å². The molecule has 1 aromatic carbocycles. The van der Waals surface area contributed by atoms with Crippen molar-refractivity contribution in [3.05, 3.63) is 35.9 Å². The molecule has 2 N–H and O–H groups in total. The number of alkyl halides is 1. The molecule has 25 heavy (non-hydrogen) atoms. The van der Waals surface area contributed by atoms with E-state index in [1.165, 1.54) is 11.8 Å². The first-order valence-electron chi connectivity index (χ1n) is 7.49. The van der Waals surface area contributed by atoms with E-state index >= 15 is 0 Å². The Kier molecular flexibility index (Phi) is 6.19. The van der Waals surface area contributed by atoms with Gasteiger partial charge in [-0.05, 0) is 12.5 Å².